The Morgan fingerprint density at radius 1 is 1.29 bits per heavy atom. The van der Waals surface area contributed by atoms with Crippen molar-refractivity contribution < 1.29 is 9.53 Å². The predicted octanol–water partition coefficient (Wildman–Crippen LogP) is 2.33. The molecule has 0 radical (unpaired) electrons. The molecule has 1 atom stereocenters. The summed E-state index contributed by atoms with van der Waals surface area (Å²) in [5, 5.41) is 4.37. The summed E-state index contributed by atoms with van der Waals surface area (Å²) in [7, 11) is 3.41. The smallest absolute Gasteiger partial charge is 0.274 e. The van der Waals surface area contributed by atoms with Gasteiger partial charge >= 0.3 is 0 Å². The Morgan fingerprint density at radius 3 is 2.54 bits per heavy atom. The summed E-state index contributed by atoms with van der Waals surface area (Å²) in [6.45, 7) is 4.79. The van der Waals surface area contributed by atoms with Gasteiger partial charge in [-0.3, -0.25) is 4.79 Å². The predicted molar refractivity (Wildman–Crippen MR) is 94.5 cm³/mol. The molecular formula is C18H26N4O2. The number of carbonyl (C=O) groups excluding carboxylic acids is 1. The lowest BCUT2D eigenvalue weighted by atomic mass is 10.0. The van der Waals surface area contributed by atoms with Crippen molar-refractivity contribution in [2.75, 3.05) is 20.7 Å². The Balaban J connectivity index is 2.02. The summed E-state index contributed by atoms with van der Waals surface area (Å²) >= 11 is 0. The van der Waals surface area contributed by atoms with Crippen LogP contribution in [0.5, 0.6) is 5.75 Å². The summed E-state index contributed by atoms with van der Waals surface area (Å²) in [6, 6.07) is 9.33. The van der Waals surface area contributed by atoms with Crippen LogP contribution < -0.4 is 10.5 Å². The lowest BCUT2D eigenvalue weighted by Crippen LogP contribution is -2.34. The molecule has 0 saturated heterocycles. The van der Waals surface area contributed by atoms with Gasteiger partial charge in [-0.2, -0.15) is 5.10 Å². The van der Waals surface area contributed by atoms with Crippen molar-refractivity contribution in [1.82, 2.24) is 14.7 Å². The van der Waals surface area contributed by atoms with Gasteiger partial charge in [0.05, 0.1) is 12.8 Å². The summed E-state index contributed by atoms with van der Waals surface area (Å²) in [6.07, 6.45) is 2.56. The van der Waals surface area contributed by atoms with Crippen molar-refractivity contribution in [2.45, 2.75) is 26.3 Å². The van der Waals surface area contributed by atoms with Crippen molar-refractivity contribution in [3.05, 3.63) is 42.2 Å². The van der Waals surface area contributed by atoms with E-state index in [2.05, 4.69) is 18.9 Å². The van der Waals surface area contributed by atoms with Gasteiger partial charge in [-0.25, -0.2) is 4.68 Å². The van der Waals surface area contributed by atoms with Gasteiger partial charge in [0.2, 0.25) is 0 Å². The number of methoxy groups -OCH3 is 1. The number of amides is 1. The minimum Gasteiger partial charge on any atom is -0.497 e. The third-order valence-corrected chi connectivity index (χ3v) is 4.15. The first-order valence-corrected chi connectivity index (χ1v) is 8.13. The Kier molecular flexibility index (Phi) is 5.98. The minimum atomic E-state index is -0.0989. The van der Waals surface area contributed by atoms with Gasteiger partial charge in [-0.1, -0.05) is 13.8 Å². The highest BCUT2D eigenvalue weighted by Gasteiger charge is 2.17. The first-order chi connectivity index (χ1) is 11.4. The summed E-state index contributed by atoms with van der Waals surface area (Å²) < 4.78 is 6.82. The van der Waals surface area contributed by atoms with E-state index in [-0.39, 0.29) is 11.9 Å². The van der Waals surface area contributed by atoms with E-state index in [4.69, 9.17) is 10.5 Å². The summed E-state index contributed by atoms with van der Waals surface area (Å²) in [5.41, 5.74) is 7.34. The standard InChI is InChI=1S/C18H26N4O2/c1-13(2)16(19)9-11-21(3)18(23)17-10-12-22(20-17)14-5-7-15(24-4)8-6-14/h5-8,10,12-13,16H,9,11,19H2,1-4H3. The van der Waals surface area contributed by atoms with Crippen molar-refractivity contribution in [3.63, 3.8) is 0 Å². The quantitative estimate of drug-likeness (QED) is 0.845. The molecule has 130 valence electrons. The summed E-state index contributed by atoms with van der Waals surface area (Å²) in [5.74, 6) is 1.09. The Morgan fingerprint density at radius 2 is 1.96 bits per heavy atom. The molecule has 0 aliphatic carbocycles. The molecule has 6 nitrogen and oxygen atoms in total. The number of hydrogen-bond acceptors (Lipinski definition) is 4. The van der Waals surface area contributed by atoms with Crippen LogP contribution >= 0.6 is 0 Å². The van der Waals surface area contributed by atoms with Crippen LogP contribution in [0.4, 0.5) is 0 Å². The van der Waals surface area contributed by atoms with E-state index in [1.165, 1.54) is 0 Å². The van der Waals surface area contributed by atoms with Crippen LogP contribution in [-0.2, 0) is 0 Å². The van der Waals surface area contributed by atoms with Gasteiger partial charge in [-0.05, 0) is 42.7 Å². The minimum absolute atomic E-state index is 0.0945. The molecular weight excluding hydrogens is 304 g/mol. The number of ether oxygens (including phenoxy) is 1. The van der Waals surface area contributed by atoms with Gasteiger partial charge in [-0.15, -0.1) is 0 Å². The maximum absolute atomic E-state index is 12.5. The Labute approximate surface area is 143 Å². The molecule has 0 aliphatic heterocycles. The largest absolute Gasteiger partial charge is 0.497 e. The zero-order valence-corrected chi connectivity index (χ0v) is 14.8. The van der Waals surface area contributed by atoms with Gasteiger partial charge < -0.3 is 15.4 Å². The molecule has 2 rings (SSSR count). The molecule has 1 aromatic carbocycles. The monoisotopic (exact) mass is 330 g/mol. The van der Waals surface area contributed by atoms with Crippen molar-refractivity contribution in [1.29, 1.82) is 0 Å². The average Bonchev–Trinajstić information content (AvgIpc) is 3.08. The molecule has 2 aromatic rings. The number of nitrogens with zero attached hydrogens (tertiary/aromatic N) is 3. The number of carbonyl (C=O) groups is 1. The normalized spacial score (nSPS) is 12.2. The van der Waals surface area contributed by atoms with Crippen LogP contribution in [0.2, 0.25) is 0 Å². The van der Waals surface area contributed by atoms with E-state index >= 15 is 0 Å². The molecule has 1 amide bonds. The molecule has 1 aromatic heterocycles. The third-order valence-electron chi connectivity index (χ3n) is 4.15. The highest BCUT2D eigenvalue weighted by atomic mass is 16.5. The molecule has 0 saturated carbocycles. The van der Waals surface area contributed by atoms with Crippen molar-refractivity contribution >= 4 is 5.91 Å². The van der Waals surface area contributed by atoms with Crippen LogP contribution in [0.1, 0.15) is 30.8 Å². The Bertz CT molecular complexity index is 664. The SMILES string of the molecule is COc1ccc(-n2ccc(C(=O)N(C)CCC(N)C(C)C)n2)cc1. The zero-order valence-electron chi connectivity index (χ0n) is 14.8. The second kappa shape index (κ2) is 7.97. The van der Waals surface area contributed by atoms with Crippen LogP contribution in [-0.4, -0.2) is 47.3 Å². The van der Waals surface area contributed by atoms with Crippen molar-refractivity contribution in [2.24, 2.45) is 11.7 Å². The lowest BCUT2D eigenvalue weighted by Gasteiger charge is -2.20. The van der Waals surface area contributed by atoms with Gasteiger partial charge in [0, 0.05) is 25.8 Å². The highest BCUT2D eigenvalue weighted by Crippen LogP contribution is 2.15. The first kappa shape index (κ1) is 18.0. The Hall–Kier alpha value is -2.34. The van der Waals surface area contributed by atoms with Gasteiger partial charge in [0.25, 0.3) is 5.91 Å². The van der Waals surface area contributed by atoms with E-state index < -0.39 is 0 Å². The lowest BCUT2D eigenvalue weighted by molar-refractivity contribution is 0.0783. The van der Waals surface area contributed by atoms with Crippen LogP contribution in [0.15, 0.2) is 36.5 Å². The second-order valence-electron chi connectivity index (χ2n) is 6.27. The van der Waals surface area contributed by atoms with Gasteiger partial charge in [0.15, 0.2) is 5.69 Å². The number of rotatable bonds is 7. The van der Waals surface area contributed by atoms with Crippen molar-refractivity contribution in [3.8, 4) is 11.4 Å². The van der Waals surface area contributed by atoms with Crippen LogP contribution in [0, 0.1) is 5.92 Å². The number of nitrogens with two attached hydrogens (primary N) is 1. The maximum Gasteiger partial charge on any atom is 0.274 e. The maximum atomic E-state index is 12.5. The zero-order chi connectivity index (χ0) is 17.7. The van der Waals surface area contributed by atoms with E-state index in [0.717, 1.165) is 17.9 Å². The second-order valence-corrected chi connectivity index (χ2v) is 6.27. The molecule has 2 N–H and O–H groups in total. The van der Waals surface area contributed by atoms with E-state index in [1.807, 2.05) is 24.3 Å². The van der Waals surface area contributed by atoms with Gasteiger partial charge in [0.1, 0.15) is 5.75 Å². The molecule has 24 heavy (non-hydrogen) atoms. The van der Waals surface area contributed by atoms with Crippen LogP contribution in [0.25, 0.3) is 5.69 Å². The number of benzene rings is 1. The average molecular weight is 330 g/mol. The molecule has 1 heterocycles. The fourth-order valence-electron chi connectivity index (χ4n) is 2.29. The number of hydrogen-bond donors (Lipinski definition) is 1. The molecule has 0 bridgehead atoms. The van der Waals surface area contributed by atoms with E-state index in [9.17, 15) is 4.79 Å². The topological polar surface area (TPSA) is 73.4 Å². The molecule has 0 spiro atoms. The third kappa shape index (κ3) is 4.35. The highest BCUT2D eigenvalue weighted by molar-refractivity contribution is 5.92. The fourth-order valence-corrected chi connectivity index (χ4v) is 2.29. The molecule has 6 heteroatoms. The summed E-state index contributed by atoms with van der Waals surface area (Å²) in [4.78, 5) is 14.1. The van der Waals surface area contributed by atoms with Crippen LogP contribution in [0.3, 0.4) is 0 Å². The fraction of sp³-hybridized carbons (Fsp3) is 0.444. The first-order valence-electron chi connectivity index (χ1n) is 8.13. The molecule has 0 aliphatic rings. The molecule has 0 fully saturated rings. The molecule has 1 unspecified atom stereocenters. The van der Waals surface area contributed by atoms with E-state index in [0.29, 0.717) is 18.2 Å². The van der Waals surface area contributed by atoms with E-state index in [1.54, 1.807) is 36.0 Å². The number of aromatic nitrogens is 2.